The number of benzene rings is 1. The van der Waals surface area contributed by atoms with E-state index in [2.05, 4.69) is 4.74 Å². The summed E-state index contributed by atoms with van der Waals surface area (Å²) in [5.41, 5.74) is 0.507. The summed E-state index contributed by atoms with van der Waals surface area (Å²) in [6.45, 7) is -0.356. The first-order chi connectivity index (χ1) is 12.8. The lowest BCUT2D eigenvalue weighted by atomic mass is 10.1. The number of aliphatic hydroxyl groups is 2. The Kier molecular flexibility index (Phi) is 5.85. The molecule has 1 aromatic heterocycles. The second-order valence-corrected chi connectivity index (χ2v) is 6.96. The van der Waals surface area contributed by atoms with Gasteiger partial charge in [0.15, 0.2) is 12.5 Å². The molecule has 1 aliphatic rings. The van der Waals surface area contributed by atoms with E-state index in [0.717, 1.165) is 7.11 Å². The zero-order valence-corrected chi connectivity index (χ0v) is 16.0. The van der Waals surface area contributed by atoms with Crippen LogP contribution >= 0.6 is 34.8 Å². The molecule has 0 aliphatic carbocycles. The number of methoxy groups -OCH3 is 1. The zero-order valence-electron chi connectivity index (χ0n) is 13.8. The van der Waals surface area contributed by atoms with E-state index in [1.165, 1.54) is 16.7 Å². The van der Waals surface area contributed by atoms with E-state index >= 15 is 0 Å². The van der Waals surface area contributed by atoms with Crippen molar-refractivity contribution in [2.75, 3.05) is 13.7 Å². The van der Waals surface area contributed by atoms with Crippen molar-refractivity contribution in [3.05, 3.63) is 32.9 Å². The zero-order chi connectivity index (χ0) is 19.9. The molecule has 0 bridgehead atoms. The maximum Gasteiger partial charge on any atom is 0.508 e. The first kappa shape index (κ1) is 20.2. The minimum atomic E-state index is -1.42. The quantitative estimate of drug-likeness (QED) is 0.558. The van der Waals surface area contributed by atoms with Gasteiger partial charge in [0.2, 0.25) is 0 Å². The number of aromatic nitrogens is 1. The minimum Gasteiger partial charge on any atom is -0.438 e. The standard InChI is InChI=1S/C16H14Cl3NO7/c1-25-16(24)26-5-11-12(22)13(23)15(27-11)20-10-3-9(18)8(17)2-6(10)7(4-21)14(20)19/h2-4,11-13,15,22-23H,5H2,1H3/t11-,12?,13?,15-/m1/s1. The van der Waals surface area contributed by atoms with Gasteiger partial charge in [-0.15, -0.1) is 0 Å². The third-order valence-corrected chi connectivity index (χ3v) is 5.37. The van der Waals surface area contributed by atoms with E-state index < -0.39 is 30.7 Å². The molecule has 0 radical (unpaired) electrons. The summed E-state index contributed by atoms with van der Waals surface area (Å²) in [6.07, 6.45) is -5.42. The smallest absolute Gasteiger partial charge is 0.438 e. The SMILES string of the molecule is COC(=O)OC[C@H]1O[C@@H](n2c(Cl)c(C=O)c3cc(Cl)c(Cl)cc32)C(O)C1O. The number of carbonyl (C=O) groups excluding carboxylic acids is 2. The van der Waals surface area contributed by atoms with Crippen LogP contribution in [0.4, 0.5) is 4.79 Å². The van der Waals surface area contributed by atoms with Crippen LogP contribution < -0.4 is 0 Å². The predicted molar refractivity (Wildman–Crippen MR) is 96.6 cm³/mol. The van der Waals surface area contributed by atoms with Gasteiger partial charge in [0.05, 0.1) is 28.2 Å². The minimum absolute atomic E-state index is 0.0240. The average Bonchev–Trinajstić information content (AvgIpc) is 3.06. The molecule has 1 aliphatic heterocycles. The van der Waals surface area contributed by atoms with Gasteiger partial charge in [-0.2, -0.15) is 0 Å². The highest BCUT2D eigenvalue weighted by Crippen LogP contribution is 2.40. The molecule has 0 spiro atoms. The molecule has 0 saturated carbocycles. The molecule has 3 rings (SSSR count). The van der Waals surface area contributed by atoms with Crippen molar-refractivity contribution in [1.29, 1.82) is 0 Å². The number of aliphatic hydroxyl groups excluding tert-OH is 2. The second-order valence-electron chi connectivity index (χ2n) is 5.79. The van der Waals surface area contributed by atoms with Crippen LogP contribution in [0.25, 0.3) is 10.9 Å². The molecule has 2 unspecified atom stereocenters. The molecule has 0 amide bonds. The topological polar surface area (TPSA) is 107 Å². The summed E-state index contributed by atoms with van der Waals surface area (Å²) in [4.78, 5) is 22.6. The van der Waals surface area contributed by atoms with E-state index in [4.69, 9.17) is 44.3 Å². The number of rotatable bonds is 4. The van der Waals surface area contributed by atoms with Crippen LogP contribution in [0.1, 0.15) is 16.6 Å². The molecule has 1 fully saturated rings. The van der Waals surface area contributed by atoms with Gasteiger partial charge >= 0.3 is 6.16 Å². The molecule has 1 aromatic carbocycles. The van der Waals surface area contributed by atoms with Crippen molar-refractivity contribution in [3.8, 4) is 0 Å². The fraction of sp³-hybridized carbons (Fsp3) is 0.375. The van der Waals surface area contributed by atoms with Gasteiger partial charge in [-0.25, -0.2) is 4.79 Å². The summed E-state index contributed by atoms with van der Waals surface area (Å²) in [5, 5.41) is 21.4. The van der Waals surface area contributed by atoms with Crippen molar-refractivity contribution in [1.82, 2.24) is 4.57 Å². The molecule has 8 nitrogen and oxygen atoms in total. The lowest BCUT2D eigenvalue weighted by Crippen LogP contribution is -2.34. The maximum absolute atomic E-state index is 11.5. The van der Waals surface area contributed by atoms with E-state index in [-0.39, 0.29) is 27.4 Å². The molecule has 2 N–H and O–H groups in total. The van der Waals surface area contributed by atoms with Gasteiger partial charge in [-0.05, 0) is 12.1 Å². The number of ether oxygens (including phenoxy) is 3. The first-order valence-corrected chi connectivity index (χ1v) is 8.79. The molecule has 1 saturated heterocycles. The van der Waals surface area contributed by atoms with Crippen molar-refractivity contribution in [2.24, 2.45) is 0 Å². The summed E-state index contributed by atoms with van der Waals surface area (Å²) < 4.78 is 16.1. The normalized spacial score (nSPS) is 25.0. The number of nitrogens with zero attached hydrogens (tertiary/aromatic N) is 1. The van der Waals surface area contributed by atoms with Gasteiger partial charge in [-0.1, -0.05) is 34.8 Å². The van der Waals surface area contributed by atoms with Gasteiger partial charge < -0.3 is 29.0 Å². The number of halogens is 3. The first-order valence-electron chi connectivity index (χ1n) is 7.66. The Balaban J connectivity index is 2.02. The van der Waals surface area contributed by atoms with Crippen LogP contribution in [-0.4, -0.2) is 59.3 Å². The highest BCUT2D eigenvalue weighted by molar-refractivity contribution is 6.43. The van der Waals surface area contributed by atoms with E-state index in [0.29, 0.717) is 17.2 Å². The van der Waals surface area contributed by atoms with Crippen molar-refractivity contribution in [2.45, 2.75) is 24.5 Å². The Morgan fingerprint density at radius 2 is 1.93 bits per heavy atom. The lowest BCUT2D eigenvalue weighted by Gasteiger charge is -2.19. The van der Waals surface area contributed by atoms with Crippen LogP contribution in [0.15, 0.2) is 12.1 Å². The highest BCUT2D eigenvalue weighted by Gasteiger charge is 2.45. The molecule has 146 valence electrons. The molecule has 27 heavy (non-hydrogen) atoms. The van der Waals surface area contributed by atoms with Crippen LogP contribution in [0.5, 0.6) is 0 Å². The molecule has 2 aromatic rings. The summed E-state index contributed by atoms with van der Waals surface area (Å²) >= 11 is 18.4. The fourth-order valence-electron chi connectivity index (χ4n) is 2.95. The molecule has 2 heterocycles. The number of hydrogen-bond acceptors (Lipinski definition) is 7. The van der Waals surface area contributed by atoms with Crippen LogP contribution in [0.2, 0.25) is 15.2 Å². The summed E-state index contributed by atoms with van der Waals surface area (Å²) in [5.74, 6) is 0. The Bertz CT molecular complexity index is 900. The van der Waals surface area contributed by atoms with Gasteiger partial charge in [0, 0.05) is 5.39 Å². The average molecular weight is 439 g/mol. The summed E-state index contributed by atoms with van der Waals surface area (Å²) in [7, 11) is 1.13. The fourth-order valence-corrected chi connectivity index (χ4v) is 3.60. The number of hydrogen-bond donors (Lipinski definition) is 2. The molecular weight excluding hydrogens is 425 g/mol. The molecule has 11 heteroatoms. The van der Waals surface area contributed by atoms with Crippen LogP contribution in [0.3, 0.4) is 0 Å². The van der Waals surface area contributed by atoms with E-state index in [1.807, 2.05) is 0 Å². The Hall–Kier alpha value is -1.55. The molecular formula is C16H14Cl3NO7. The Morgan fingerprint density at radius 1 is 1.26 bits per heavy atom. The number of fused-ring (bicyclic) bond motifs is 1. The van der Waals surface area contributed by atoms with E-state index in [9.17, 15) is 19.8 Å². The maximum atomic E-state index is 11.5. The van der Waals surface area contributed by atoms with Crippen LogP contribution in [-0.2, 0) is 14.2 Å². The van der Waals surface area contributed by atoms with E-state index in [1.54, 1.807) is 0 Å². The van der Waals surface area contributed by atoms with Gasteiger partial charge in [0.1, 0.15) is 30.1 Å². The second kappa shape index (κ2) is 7.83. The van der Waals surface area contributed by atoms with Crippen molar-refractivity contribution < 1.29 is 34.0 Å². The van der Waals surface area contributed by atoms with Gasteiger partial charge in [0.25, 0.3) is 0 Å². The lowest BCUT2D eigenvalue weighted by molar-refractivity contribution is -0.0590. The highest BCUT2D eigenvalue weighted by atomic mass is 35.5. The third kappa shape index (κ3) is 3.49. The largest absolute Gasteiger partial charge is 0.508 e. The summed E-state index contributed by atoms with van der Waals surface area (Å²) in [6, 6.07) is 2.94. The predicted octanol–water partition coefficient (Wildman–Crippen LogP) is 2.82. The monoisotopic (exact) mass is 437 g/mol. The van der Waals surface area contributed by atoms with Crippen LogP contribution in [0, 0.1) is 0 Å². The van der Waals surface area contributed by atoms with Crippen molar-refractivity contribution in [3.63, 3.8) is 0 Å². The van der Waals surface area contributed by atoms with Crippen molar-refractivity contribution >= 4 is 58.1 Å². The number of aldehydes is 1. The van der Waals surface area contributed by atoms with Gasteiger partial charge in [-0.3, -0.25) is 4.79 Å². The number of carbonyl (C=O) groups is 2. The Labute approximate surface area is 168 Å². The molecule has 4 atom stereocenters. The third-order valence-electron chi connectivity index (χ3n) is 4.26. The Morgan fingerprint density at radius 3 is 2.56 bits per heavy atom.